The van der Waals surface area contributed by atoms with Crippen LogP contribution in [-0.4, -0.2) is 37.2 Å². The summed E-state index contributed by atoms with van der Waals surface area (Å²) in [4.78, 5) is 2.58. The Balaban J connectivity index is 1.74. The Kier molecular flexibility index (Phi) is 6.34. The van der Waals surface area contributed by atoms with Crippen LogP contribution in [0.3, 0.4) is 0 Å². The molecule has 1 heterocycles. The molecule has 1 aliphatic rings. The Morgan fingerprint density at radius 1 is 1.25 bits per heavy atom. The molecule has 0 aliphatic carbocycles. The van der Waals surface area contributed by atoms with Crippen molar-refractivity contribution in [1.29, 1.82) is 0 Å². The Morgan fingerprint density at radius 2 is 2.05 bits per heavy atom. The molecular formula is C17H28N2O. The van der Waals surface area contributed by atoms with E-state index in [1.165, 1.54) is 37.9 Å². The lowest BCUT2D eigenvalue weighted by Gasteiger charge is -2.29. The zero-order valence-corrected chi connectivity index (χ0v) is 12.9. The fraction of sp³-hybridized carbons (Fsp3) is 0.647. The van der Waals surface area contributed by atoms with Crippen molar-refractivity contribution < 1.29 is 4.74 Å². The van der Waals surface area contributed by atoms with Gasteiger partial charge < -0.3 is 15.0 Å². The summed E-state index contributed by atoms with van der Waals surface area (Å²) >= 11 is 0. The van der Waals surface area contributed by atoms with Gasteiger partial charge >= 0.3 is 0 Å². The molecule has 1 aromatic rings. The summed E-state index contributed by atoms with van der Waals surface area (Å²) in [6, 6.07) is 8.90. The summed E-state index contributed by atoms with van der Waals surface area (Å²) in [7, 11) is 0. The normalized spacial score (nSPS) is 17.9. The van der Waals surface area contributed by atoms with Crippen LogP contribution in [0.25, 0.3) is 0 Å². The van der Waals surface area contributed by atoms with Gasteiger partial charge in [0, 0.05) is 19.1 Å². The fourth-order valence-corrected chi connectivity index (χ4v) is 2.80. The van der Waals surface area contributed by atoms with Crippen LogP contribution in [0.15, 0.2) is 24.3 Å². The molecule has 0 saturated carbocycles. The number of nitrogens with one attached hydrogen (secondary N) is 1. The molecule has 1 aromatic carbocycles. The number of benzene rings is 1. The van der Waals surface area contributed by atoms with Crippen molar-refractivity contribution >= 4 is 0 Å². The molecule has 3 heteroatoms. The van der Waals surface area contributed by atoms with Gasteiger partial charge in [-0.2, -0.15) is 0 Å². The van der Waals surface area contributed by atoms with Crippen LogP contribution in [-0.2, 0) is 6.54 Å². The van der Waals surface area contributed by atoms with Gasteiger partial charge in [-0.25, -0.2) is 0 Å². The molecule has 0 radical (unpaired) electrons. The maximum atomic E-state index is 5.54. The summed E-state index contributed by atoms with van der Waals surface area (Å²) < 4.78 is 5.54. The summed E-state index contributed by atoms with van der Waals surface area (Å²) in [5, 5.41) is 3.62. The molecule has 2 rings (SSSR count). The van der Waals surface area contributed by atoms with E-state index in [-0.39, 0.29) is 0 Å². The second kappa shape index (κ2) is 8.28. The van der Waals surface area contributed by atoms with E-state index >= 15 is 0 Å². The van der Waals surface area contributed by atoms with E-state index in [0.717, 1.165) is 25.4 Å². The first-order valence-electron chi connectivity index (χ1n) is 7.95. The van der Waals surface area contributed by atoms with Gasteiger partial charge in [-0.3, -0.25) is 0 Å². The Bertz CT molecular complexity index is 388. The topological polar surface area (TPSA) is 24.5 Å². The number of hydrogen-bond acceptors (Lipinski definition) is 3. The molecule has 1 unspecified atom stereocenters. The Labute approximate surface area is 123 Å². The van der Waals surface area contributed by atoms with Crippen LogP contribution in [0, 0.1) is 0 Å². The number of nitrogens with zero attached hydrogens (tertiary/aromatic N) is 1. The lowest BCUT2D eigenvalue weighted by Crippen LogP contribution is -2.41. The first-order chi connectivity index (χ1) is 9.78. The van der Waals surface area contributed by atoms with Crippen LogP contribution >= 0.6 is 0 Å². The predicted octanol–water partition coefficient (Wildman–Crippen LogP) is 3.05. The van der Waals surface area contributed by atoms with Crippen molar-refractivity contribution in [3.05, 3.63) is 29.8 Å². The minimum atomic E-state index is 0.531. The van der Waals surface area contributed by atoms with Crippen LogP contribution in [0.5, 0.6) is 5.75 Å². The molecule has 1 fully saturated rings. The van der Waals surface area contributed by atoms with Crippen molar-refractivity contribution in [3.63, 3.8) is 0 Å². The largest absolute Gasteiger partial charge is 0.494 e. The third-order valence-corrected chi connectivity index (χ3v) is 3.84. The highest BCUT2D eigenvalue weighted by Gasteiger charge is 2.12. The molecule has 1 saturated heterocycles. The molecule has 1 aliphatic heterocycles. The highest BCUT2D eigenvalue weighted by Crippen LogP contribution is 2.13. The minimum Gasteiger partial charge on any atom is -0.494 e. The summed E-state index contributed by atoms with van der Waals surface area (Å²) in [6.07, 6.45) is 4.13. The first kappa shape index (κ1) is 15.3. The van der Waals surface area contributed by atoms with Gasteiger partial charge in [-0.15, -0.1) is 0 Å². The van der Waals surface area contributed by atoms with E-state index < -0.39 is 0 Å². The number of hydrogen-bond donors (Lipinski definition) is 1. The number of likely N-dealkylation sites (tertiary alicyclic amines) is 1. The van der Waals surface area contributed by atoms with E-state index in [2.05, 4.69) is 35.3 Å². The van der Waals surface area contributed by atoms with Gasteiger partial charge in [-0.1, -0.05) is 18.6 Å². The van der Waals surface area contributed by atoms with E-state index in [1.54, 1.807) is 0 Å². The van der Waals surface area contributed by atoms with Gasteiger partial charge in [0.2, 0.25) is 0 Å². The lowest BCUT2D eigenvalue weighted by atomic mass is 10.1. The fourth-order valence-electron chi connectivity index (χ4n) is 2.80. The predicted molar refractivity (Wildman–Crippen MR) is 84.2 cm³/mol. The SMILES string of the molecule is CCOc1cccc(CNC(C)CN2CCCCC2)c1. The third kappa shape index (κ3) is 5.14. The van der Waals surface area contributed by atoms with Gasteiger partial charge in [0.1, 0.15) is 5.75 Å². The van der Waals surface area contributed by atoms with Gasteiger partial charge in [0.25, 0.3) is 0 Å². The van der Waals surface area contributed by atoms with Crippen molar-refractivity contribution in [1.82, 2.24) is 10.2 Å². The van der Waals surface area contributed by atoms with E-state index in [1.807, 2.05) is 13.0 Å². The van der Waals surface area contributed by atoms with Gasteiger partial charge in [-0.05, 0) is 57.5 Å². The van der Waals surface area contributed by atoms with Crippen LogP contribution in [0.4, 0.5) is 0 Å². The molecule has 1 N–H and O–H groups in total. The number of piperidine rings is 1. The molecule has 0 bridgehead atoms. The molecule has 20 heavy (non-hydrogen) atoms. The minimum absolute atomic E-state index is 0.531. The molecule has 1 atom stereocenters. The van der Waals surface area contributed by atoms with Gasteiger partial charge in [0.15, 0.2) is 0 Å². The van der Waals surface area contributed by atoms with Crippen molar-refractivity contribution in [2.45, 2.75) is 45.7 Å². The maximum absolute atomic E-state index is 5.54. The molecule has 0 amide bonds. The molecular weight excluding hydrogens is 248 g/mol. The van der Waals surface area contributed by atoms with Crippen LogP contribution in [0.1, 0.15) is 38.7 Å². The van der Waals surface area contributed by atoms with Gasteiger partial charge in [0.05, 0.1) is 6.61 Å². The number of ether oxygens (including phenoxy) is 1. The zero-order valence-electron chi connectivity index (χ0n) is 12.9. The van der Waals surface area contributed by atoms with E-state index in [4.69, 9.17) is 4.74 Å². The molecule has 0 aromatic heterocycles. The average molecular weight is 276 g/mol. The number of rotatable bonds is 7. The zero-order chi connectivity index (χ0) is 14.2. The second-order valence-electron chi connectivity index (χ2n) is 5.72. The average Bonchev–Trinajstić information content (AvgIpc) is 2.47. The lowest BCUT2D eigenvalue weighted by molar-refractivity contribution is 0.209. The Morgan fingerprint density at radius 3 is 2.80 bits per heavy atom. The van der Waals surface area contributed by atoms with Crippen molar-refractivity contribution in [2.75, 3.05) is 26.2 Å². The molecule has 0 spiro atoms. The maximum Gasteiger partial charge on any atom is 0.119 e. The van der Waals surface area contributed by atoms with Crippen molar-refractivity contribution in [3.8, 4) is 5.75 Å². The van der Waals surface area contributed by atoms with E-state index in [0.29, 0.717) is 6.04 Å². The molecule has 112 valence electrons. The third-order valence-electron chi connectivity index (χ3n) is 3.84. The van der Waals surface area contributed by atoms with E-state index in [9.17, 15) is 0 Å². The standard InChI is InChI=1S/C17H28N2O/c1-3-20-17-9-7-8-16(12-17)13-18-15(2)14-19-10-5-4-6-11-19/h7-9,12,15,18H,3-6,10-11,13-14H2,1-2H3. The summed E-state index contributed by atoms with van der Waals surface area (Å²) in [5.74, 6) is 0.968. The highest BCUT2D eigenvalue weighted by molar-refractivity contribution is 5.28. The first-order valence-corrected chi connectivity index (χ1v) is 7.95. The smallest absolute Gasteiger partial charge is 0.119 e. The van der Waals surface area contributed by atoms with Crippen molar-refractivity contribution in [2.24, 2.45) is 0 Å². The quantitative estimate of drug-likeness (QED) is 0.828. The second-order valence-corrected chi connectivity index (χ2v) is 5.72. The van der Waals surface area contributed by atoms with Crippen LogP contribution in [0.2, 0.25) is 0 Å². The molecule has 3 nitrogen and oxygen atoms in total. The summed E-state index contributed by atoms with van der Waals surface area (Å²) in [6.45, 7) is 9.63. The van der Waals surface area contributed by atoms with Crippen LogP contribution < -0.4 is 10.1 Å². The summed E-state index contributed by atoms with van der Waals surface area (Å²) in [5.41, 5.74) is 1.29. The Hall–Kier alpha value is -1.06. The monoisotopic (exact) mass is 276 g/mol. The highest BCUT2D eigenvalue weighted by atomic mass is 16.5.